The number of carbonyl (C=O) groups is 1. The van der Waals surface area contributed by atoms with Crippen LogP contribution in [0.3, 0.4) is 0 Å². The molecule has 0 heterocycles. The lowest BCUT2D eigenvalue weighted by molar-refractivity contribution is -0.139. The Morgan fingerprint density at radius 1 is 1.24 bits per heavy atom. The van der Waals surface area contributed by atoms with Gasteiger partial charge in [-0.2, -0.15) is 0 Å². The molecular weight excluding hydrogens is 264 g/mol. The third-order valence-electron chi connectivity index (χ3n) is 3.31. The number of carboxylic acid groups (broad SMARTS) is 1. The van der Waals surface area contributed by atoms with Crippen molar-refractivity contribution in [2.45, 2.75) is 46.1 Å². The number of nitrogens with one attached hydrogen (secondary N) is 1. The standard InChI is InChI=1S/C17H26N2O2/c1-12(2)15-7-5-14(6-8-15)11-16(17(20)21)19-10-9-18-13(3)4/h5-8,12,16,19H,9-11H2,1-4H3,(H,20,21). The van der Waals surface area contributed by atoms with Crippen LogP contribution in [-0.2, 0) is 11.2 Å². The number of rotatable bonds is 8. The van der Waals surface area contributed by atoms with Crippen molar-refractivity contribution in [2.24, 2.45) is 4.99 Å². The molecule has 1 aromatic rings. The molecule has 4 heteroatoms. The normalized spacial score (nSPS) is 12.2. The third-order valence-corrected chi connectivity index (χ3v) is 3.31. The van der Waals surface area contributed by atoms with Gasteiger partial charge in [-0.25, -0.2) is 0 Å². The molecule has 1 atom stereocenters. The highest BCUT2D eigenvalue weighted by Gasteiger charge is 2.16. The lowest BCUT2D eigenvalue weighted by Crippen LogP contribution is -2.39. The number of nitrogens with zero attached hydrogens (tertiary/aromatic N) is 1. The zero-order valence-electron chi connectivity index (χ0n) is 13.4. The van der Waals surface area contributed by atoms with E-state index in [0.717, 1.165) is 11.3 Å². The summed E-state index contributed by atoms with van der Waals surface area (Å²) in [5.41, 5.74) is 3.31. The van der Waals surface area contributed by atoms with Crippen LogP contribution >= 0.6 is 0 Å². The number of aliphatic carboxylic acids is 1. The minimum atomic E-state index is -0.819. The Hall–Kier alpha value is -1.68. The van der Waals surface area contributed by atoms with Crippen LogP contribution in [0.15, 0.2) is 29.3 Å². The van der Waals surface area contributed by atoms with E-state index >= 15 is 0 Å². The molecule has 21 heavy (non-hydrogen) atoms. The maximum Gasteiger partial charge on any atom is 0.321 e. The first kappa shape index (κ1) is 17.4. The van der Waals surface area contributed by atoms with Crippen molar-refractivity contribution in [1.82, 2.24) is 5.32 Å². The second-order valence-electron chi connectivity index (χ2n) is 5.77. The molecule has 0 aliphatic carbocycles. The first-order valence-electron chi connectivity index (χ1n) is 7.43. The topological polar surface area (TPSA) is 61.7 Å². The second-order valence-corrected chi connectivity index (χ2v) is 5.77. The van der Waals surface area contributed by atoms with E-state index < -0.39 is 12.0 Å². The van der Waals surface area contributed by atoms with Crippen LogP contribution < -0.4 is 5.32 Å². The quantitative estimate of drug-likeness (QED) is 0.571. The van der Waals surface area contributed by atoms with Gasteiger partial charge < -0.3 is 10.4 Å². The van der Waals surface area contributed by atoms with Gasteiger partial charge in [0.1, 0.15) is 6.04 Å². The van der Waals surface area contributed by atoms with E-state index in [-0.39, 0.29) is 0 Å². The predicted octanol–water partition coefficient (Wildman–Crippen LogP) is 2.88. The molecule has 1 rings (SSSR count). The summed E-state index contributed by atoms with van der Waals surface area (Å²) < 4.78 is 0. The van der Waals surface area contributed by atoms with E-state index in [1.165, 1.54) is 5.56 Å². The van der Waals surface area contributed by atoms with Gasteiger partial charge in [-0.15, -0.1) is 0 Å². The average Bonchev–Trinajstić information content (AvgIpc) is 2.42. The molecule has 0 saturated heterocycles. The third kappa shape index (κ3) is 6.54. The fourth-order valence-corrected chi connectivity index (χ4v) is 2.04. The molecule has 1 unspecified atom stereocenters. The summed E-state index contributed by atoms with van der Waals surface area (Å²) in [6.45, 7) is 9.35. The molecule has 0 amide bonds. The van der Waals surface area contributed by atoms with Crippen LogP contribution in [0.1, 0.15) is 44.7 Å². The lowest BCUT2D eigenvalue weighted by Gasteiger charge is -2.14. The van der Waals surface area contributed by atoms with Crippen molar-refractivity contribution in [2.75, 3.05) is 13.1 Å². The molecule has 0 aliphatic rings. The Bertz CT molecular complexity index is 474. The minimum absolute atomic E-state index is 0.489. The van der Waals surface area contributed by atoms with Gasteiger partial charge in [0.15, 0.2) is 0 Å². The monoisotopic (exact) mass is 290 g/mol. The molecule has 0 radical (unpaired) electrons. The molecule has 0 spiro atoms. The number of carboxylic acids is 1. The van der Waals surface area contributed by atoms with E-state index in [1.54, 1.807) is 0 Å². The molecule has 4 nitrogen and oxygen atoms in total. The average molecular weight is 290 g/mol. The smallest absolute Gasteiger partial charge is 0.321 e. The maximum atomic E-state index is 11.3. The number of aliphatic imine (C=N–C) groups is 1. The van der Waals surface area contributed by atoms with Crippen molar-refractivity contribution in [1.29, 1.82) is 0 Å². The fourth-order valence-electron chi connectivity index (χ4n) is 2.04. The van der Waals surface area contributed by atoms with Crippen molar-refractivity contribution in [3.8, 4) is 0 Å². The number of hydrogen-bond donors (Lipinski definition) is 2. The number of benzene rings is 1. The van der Waals surface area contributed by atoms with E-state index in [2.05, 4.69) is 36.3 Å². The Balaban J connectivity index is 2.57. The molecular formula is C17H26N2O2. The fraction of sp³-hybridized carbons (Fsp3) is 0.529. The van der Waals surface area contributed by atoms with E-state index in [1.807, 2.05) is 26.0 Å². The number of hydrogen-bond acceptors (Lipinski definition) is 3. The highest BCUT2D eigenvalue weighted by molar-refractivity contribution is 5.79. The maximum absolute atomic E-state index is 11.3. The Morgan fingerprint density at radius 3 is 2.33 bits per heavy atom. The van der Waals surface area contributed by atoms with Crippen molar-refractivity contribution in [3.05, 3.63) is 35.4 Å². The Kier molecular flexibility index (Phi) is 7.09. The zero-order valence-corrected chi connectivity index (χ0v) is 13.4. The predicted molar refractivity (Wildman–Crippen MR) is 87.3 cm³/mol. The van der Waals surface area contributed by atoms with Crippen LogP contribution in [-0.4, -0.2) is 35.9 Å². The van der Waals surface area contributed by atoms with Crippen LogP contribution in [0.2, 0.25) is 0 Å². The molecule has 1 aromatic carbocycles. The highest BCUT2D eigenvalue weighted by atomic mass is 16.4. The molecule has 0 aliphatic heterocycles. The Morgan fingerprint density at radius 2 is 1.86 bits per heavy atom. The van der Waals surface area contributed by atoms with Gasteiger partial charge in [-0.05, 0) is 37.3 Å². The van der Waals surface area contributed by atoms with Gasteiger partial charge in [-0.1, -0.05) is 38.1 Å². The Labute approximate surface area is 127 Å². The van der Waals surface area contributed by atoms with Crippen molar-refractivity contribution >= 4 is 11.7 Å². The van der Waals surface area contributed by atoms with Gasteiger partial charge in [0, 0.05) is 12.3 Å². The largest absolute Gasteiger partial charge is 0.480 e. The summed E-state index contributed by atoms with van der Waals surface area (Å²) in [6.07, 6.45) is 0.489. The van der Waals surface area contributed by atoms with E-state index in [0.29, 0.717) is 25.4 Å². The van der Waals surface area contributed by atoms with Crippen molar-refractivity contribution < 1.29 is 9.90 Å². The van der Waals surface area contributed by atoms with Gasteiger partial charge in [0.2, 0.25) is 0 Å². The van der Waals surface area contributed by atoms with Gasteiger partial charge >= 0.3 is 5.97 Å². The molecule has 0 saturated carbocycles. The highest BCUT2D eigenvalue weighted by Crippen LogP contribution is 2.15. The van der Waals surface area contributed by atoms with Crippen LogP contribution in [0.25, 0.3) is 0 Å². The molecule has 0 aromatic heterocycles. The zero-order chi connectivity index (χ0) is 15.8. The van der Waals surface area contributed by atoms with Crippen molar-refractivity contribution in [3.63, 3.8) is 0 Å². The summed E-state index contributed by atoms with van der Waals surface area (Å²) in [4.78, 5) is 15.6. The van der Waals surface area contributed by atoms with E-state index in [4.69, 9.17) is 0 Å². The van der Waals surface area contributed by atoms with Crippen LogP contribution in [0.4, 0.5) is 0 Å². The van der Waals surface area contributed by atoms with Crippen LogP contribution in [0.5, 0.6) is 0 Å². The van der Waals surface area contributed by atoms with Gasteiger partial charge in [-0.3, -0.25) is 9.79 Å². The molecule has 0 bridgehead atoms. The van der Waals surface area contributed by atoms with E-state index in [9.17, 15) is 9.90 Å². The lowest BCUT2D eigenvalue weighted by atomic mass is 9.99. The minimum Gasteiger partial charge on any atom is -0.480 e. The summed E-state index contributed by atoms with van der Waals surface area (Å²) in [5, 5.41) is 12.3. The summed E-state index contributed by atoms with van der Waals surface area (Å²) in [6, 6.07) is 7.61. The van der Waals surface area contributed by atoms with Gasteiger partial charge in [0.25, 0.3) is 0 Å². The van der Waals surface area contributed by atoms with Gasteiger partial charge in [0.05, 0.1) is 6.54 Å². The molecule has 0 fully saturated rings. The molecule has 116 valence electrons. The summed E-state index contributed by atoms with van der Waals surface area (Å²) in [5.74, 6) is -0.331. The molecule has 2 N–H and O–H groups in total. The van der Waals surface area contributed by atoms with Crippen LogP contribution in [0, 0.1) is 0 Å². The first-order chi connectivity index (χ1) is 9.90. The second kappa shape index (κ2) is 8.57. The SMILES string of the molecule is CC(C)=NCCNC(Cc1ccc(C(C)C)cc1)C(=O)O. The summed E-state index contributed by atoms with van der Waals surface area (Å²) >= 11 is 0. The summed E-state index contributed by atoms with van der Waals surface area (Å²) in [7, 11) is 0. The first-order valence-corrected chi connectivity index (χ1v) is 7.43.